The van der Waals surface area contributed by atoms with Gasteiger partial charge < -0.3 is 0 Å². The van der Waals surface area contributed by atoms with Crippen LogP contribution in [-0.4, -0.2) is 5.78 Å². The van der Waals surface area contributed by atoms with Gasteiger partial charge in [-0.15, -0.1) is 0 Å². The molecule has 0 saturated heterocycles. The molecule has 0 N–H and O–H groups in total. The number of rotatable bonds is 3. The molecule has 1 nitrogen and oxygen atoms in total. The van der Waals surface area contributed by atoms with Crippen molar-refractivity contribution in [3.63, 3.8) is 0 Å². The van der Waals surface area contributed by atoms with E-state index in [1.807, 2.05) is 6.92 Å². The Morgan fingerprint density at radius 3 is 2.91 bits per heavy atom. The molecule has 1 heteroatoms. The summed E-state index contributed by atoms with van der Waals surface area (Å²) in [6.07, 6.45) is 8.37. The van der Waals surface area contributed by atoms with E-state index in [0.717, 1.165) is 12.8 Å². The van der Waals surface area contributed by atoms with Crippen LogP contribution in [0.2, 0.25) is 0 Å². The first-order valence-electron chi connectivity index (χ1n) is 4.06. The van der Waals surface area contributed by atoms with Crippen LogP contribution in [0.25, 0.3) is 0 Å². The maximum absolute atomic E-state index is 10.9. The highest BCUT2D eigenvalue weighted by atomic mass is 16.1. The summed E-state index contributed by atoms with van der Waals surface area (Å²) in [7, 11) is 0. The Hall–Kier alpha value is -0.850. The minimum Gasteiger partial charge on any atom is -0.300 e. The van der Waals surface area contributed by atoms with E-state index in [9.17, 15) is 4.79 Å². The highest BCUT2D eigenvalue weighted by Crippen LogP contribution is 2.18. The standard InChI is InChI=1S/C10H14O/c1-8(9(2)11)7-10-5-3-4-6-10/h3,5-6,8H,4,7H2,1-2H3/t8-/m0/s1. The van der Waals surface area contributed by atoms with Gasteiger partial charge in [0, 0.05) is 5.92 Å². The molecule has 0 heterocycles. The minimum absolute atomic E-state index is 0.184. The lowest BCUT2D eigenvalue weighted by Crippen LogP contribution is -2.06. The van der Waals surface area contributed by atoms with Crippen molar-refractivity contribution in [1.82, 2.24) is 0 Å². The zero-order chi connectivity index (χ0) is 8.27. The molecule has 1 atom stereocenters. The first-order valence-corrected chi connectivity index (χ1v) is 4.06. The number of carbonyl (C=O) groups excluding carboxylic acids is 1. The molecule has 0 spiro atoms. The lowest BCUT2D eigenvalue weighted by atomic mass is 9.99. The summed E-state index contributed by atoms with van der Waals surface area (Å²) in [6, 6.07) is 0. The predicted molar refractivity (Wildman–Crippen MR) is 46.3 cm³/mol. The number of hydrogen-bond acceptors (Lipinski definition) is 1. The van der Waals surface area contributed by atoms with Crippen molar-refractivity contribution in [2.24, 2.45) is 5.92 Å². The predicted octanol–water partition coefficient (Wildman–Crippen LogP) is 2.49. The van der Waals surface area contributed by atoms with Crippen molar-refractivity contribution in [2.75, 3.05) is 0 Å². The van der Waals surface area contributed by atoms with Crippen LogP contribution in [0.15, 0.2) is 23.8 Å². The Bertz CT molecular complexity index is 211. The molecule has 0 amide bonds. The van der Waals surface area contributed by atoms with E-state index >= 15 is 0 Å². The van der Waals surface area contributed by atoms with Crippen molar-refractivity contribution >= 4 is 5.78 Å². The zero-order valence-corrected chi connectivity index (χ0v) is 7.13. The molecular formula is C10H14O. The van der Waals surface area contributed by atoms with Crippen LogP contribution < -0.4 is 0 Å². The maximum Gasteiger partial charge on any atom is 0.132 e. The van der Waals surface area contributed by atoms with E-state index < -0.39 is 0 Å². The summed E-state index contributed by atoms with van der Waals surface area (Å²) in [5.74, 6) is 0.468. The van der Waals surface area contributed by atoms with Crippen LogP contribution >= 0.6 is 0 Å². The topological polar surface area (TPSA) is 17.1 Å². The quantitative estimate of drug-likeness (QED) is 0.604. The van der Waals surface area contributed by atoms with E-state index in [1.165, 1.54) is 5.57 Å². The number of Topliss-reactive ketones (excluding diaryl/α,β-unsaturated/α-hetero) is 1. The lowest BCUT2D eigenvalue weighted by Gasteiger charge is -2.05. The van der Waals surface area contributed by atoms with Gasteiger partial charge in [-0.1, -0.05) is 30.7 Å². The monoisotopic (exact) mass is 150 g/mol. The fourth-order valence-corrected chi connectivity index (χ4v) is 1.16. The van der Waals surface area contributed by atoms with Gasteiger partial charge in [-0.3, -0.25) is 4.79 Å². The first kappa shape index (κ1) is 8.25. The molecule has 1 aliphatic rings. The van der Waals surface area contributed by atoms with Gasteiger partial charge in [0.2, 0.25) is 0 Å². The Labute approximate surface area is 67.8 Å². The van der Waals surface area contributed by atoms with Gasteiger partial charge >= 0.3 is 0 Å². The molecule has 0 aliphatic heterocycles. The van der Waals surface area contributed by atoms with Crippen molar-refractivity contribution in [2.45, 2.75) is 26.7 Å². The van der Waals surface area contributed by atoms with Gasteiger partial charge in [-0.05, 0) is 19.8 Å². The van der Waals surface area contributed by atoms with Crippen LogP contribution in [-0.2, 0) is 4.79 Å². The van der Waals surface area contributed by atoms with Crippen LogP contribution in [0.3, 0.4) is 0 Å². The van der Waals surface area contributed by atoms with Crippen LogP contribution in [0.5, 0.6) is 0 Å². The maximum atomic E-state index is 10.9. The summed E-state index contributed by atoms with van der Waals surface area (Å²) in [5, 5.41) is 0. The Kier molecular flexibility index (Phi) is 2.64. The second kappa shape index (κ2) is 3.51. The van der Waals surface area contributed by atoms with Crippen molar-refractivity contribution in [3.8, 4) is 0 Å². The molecule has 0 saturated carbocycles. The molecule has 0 unspecified atom stereocenters. The molecule has 0 aromatic rings. The molecule has 0 fully saturated rings. The summed E-state index contributed by atoms with van der Waals surface area (Å²) < 4.78 is 0. The molecule has 1 aliphatic carbocycles. The van der Waals surface area contributed by atoms with Crippen molar-refractivity contribution < 1.29 is 4.79 Å². The SMILES string of the molecule is CC(=O)[C@@H](C)CC1=CCC=C1. The number of allylic oxidation sites excluding steroid dienone is 4. The molecule has 0 aromatic carbocycles. The third-order valence-corrected chi connectivity index (χ3v) is 2.08. The van der Waals surface area contributed by atoms with Gasteiger partial charge in [0.1, 0.15) is 5.78 Å². The van der Waals surface area contributed by atoms with E-state index in [1.54, 1.807) is 6.92 Å². The molecule has 1 rings (SSSR count). The largest absolute Gasteiger partial charge is 0.300 e. The Morgan fingerprint density at radius 1 is 1.73 bits per heavy atom. The second-order valence-corrected chi connectivity index (χ2v) is 3.13. The van der Waals surface area contributed by atoms with Crippen LogP contribution in [0.4, 0.5) is 0 Å². The van der Waals surface area contributed by atoms with E-state index in [0.29, 0.717) is 0 Å². The fourth-order valence-electron chi connectivity index (χ4n) is 1.16. The average Bonchev–Trinajstić information content (AvgIpc) is 2.39. The van der Waals surface area contributed by atoms with E-state index in [4.69, 9.17) is 0 Å². The third kappa shape index (κ3) is 2.34. The molecular weight excluding hydrogens is 136 g/mol. The molecule has 0 aromatic heterocycles. The molecule has 60 valence electrons. The van der Waals surface area contributed by atoms with Gasteiger partial charge in [0.05, 0.1) is 0 Å². The van der Waals surface area contributed by atoms with Gasteiger partial charge in [-0.2, -0.15) is 0 Å². The molecule has 0 radical (unpaired) electrons. The lowest BCUT2D eigenvalue weighted by molar-refractivity contribution is -0.120. The van der Waals surface area contributed by atoms with Gasteiger partial charge in [0.15, 0.2) is 0 Å². The van der Waals surface area contributed by atoms with Gasteiger partial charge in [0.25, 0.3) is 0 Å². The highest BCUT2D eigenvalue weighted by Gasteiger charge is 2.09. The molecule has 11 heavy (non-hydrogen) atoms. The van der Waals surface area contributed by atoms with Crippen molar-refractivity contribution in [3.05, 3.63) is 23.8 Å². The minimum atomic E-state index is 0.184. The molecule has 0 bridgehead atoms. The Morgan fingerprint density at radius 2 is 2.45 bits per heavy atom. The number of carbonyl (C=O) groups is 1. The summed E-state index contributed by atoms with van der Waals surface area (Å²) in [5.41, 5.74) is 1.31. The second-order valence-electron chi connectivity index (χ2n) is 3.13. The van der Waals surface area contributed by atoms with Crippen LogP contribution in [0.1, 0.15) is 26.7 Å². The van der Waals surface area contributed by atoms with E-state index in [-0.39, 0.29) is 11.7 Å². The zero-order valence-electron chi connectivity index (χ0n) is 7.13. The summed E-state index contributed by atoms with van der Waals surface area (Å²) >= 11 is 0. The highest BCUT2D eigenvalue weighted by molar-refractivity contribution is 5.78. The number of hydrogen-bond donors (Lipinski definition) is 0. The summed E-state index contributed by atoms with van der Waals surface area (Å²) in [6.45, 7) is 3.64. The smallest absolute Gasteiger partial charge is 0.132 e. The Balaban J connectivity index is 2.42. The van der Waals surface area contributed by atoms with E-state index in [2.05, 4.69) is 18.2 Å². The normalized spacial score (nSPS) is 18.2. The van der Waals surface area contributed by atoms with Crippen molar-refractivity contribution in [1.29, 1.82) is 0 Å². The third-order valence-electron chi connectivity index (χ3n) is 2.08. The first-order chi connectivity index (χ1) is 5.20. The number of ketones is 1. The fraction of sp³-hybridized carbons (Fsp3) is 0.500. The summed E-state index contributed by atoms with van der Waals surface area (Å²) in [4.78, 5) is 10.9. The average molecular weight is 150 g/mol. The van der Waals surface area contributed by atoms with Gasteiger partial charge in [-0.25, -0.2) is 0 Å². The van der Waals surface area contributed by atoms with Crippen LogP contribution in [0, 0.1) is 5.92 Å².